The van der Waals surface area contributed by atoms with E-state index in [2.05, 4.69) is 97.9 Å². The molecule has 0 aromatic heterocycles. The summed E-state index contributed by atoms with van der Waals surface area (Å²) in [6.45, 7) is 2.53. The third kappa shape index (κ3) is 15.4. The van der Waals surface area contributed by atoms with Gasteiger partial charge >= 0.3 is 153 Å². The first-order valence-corrected chi connectivity index (χ1v) is 19.7. The van der Waals surface area contributed by atoms with Gasteiger partial charge in [0.1, 0.15) is 0 Å². The number of ether oxygens (including phenoxy) is 1. The Bertz CT molecular complexity index is 953. The molecule has 0 aliphatic heterocycles. The normalized spacial score (nSPS) is 10.7. The number of unbranched alkanes of at least 4 members (excludes halogenated alkanes) is 5. The Kier molecular flexibility index (Phi) is 16.6. The van der Waals surface area contributed by atoms with Crippen molar-refractivity contribution >= 4 is 31.7 Å². The third-order valence-corrected chi connectivity index (χ3v) is 13.8. The molecule has 0 unspecified atom stereocenters. The summed E-state index contributed by atoms with van der Waals surface area (Å²) in [5.74, 6) is -1.73. The molecule has 0 bridgehead atoms. The summed E-state index contributed by atoms with van der Waals surface area (Å²) >= 11 is -1.56. The van der Waals surface area contributed by atoms with Crippen LogP contribution in [0.5, 0.6) is 0 Å². The summed E-state index contributed by atoms with van der Waals surface area (Å²) in [5, 5.41) is 8.26. The van der Waals surface area contributed by atoms with Crippen LogP contribution in [-0.2, 0) is 27.6 Å². The van der Waals surface area contributed by atoms with Gasteiger partial charge in [0, 0.05) is 12.2 Å². The van der Waals surface area contributed by atoms with E-state index >= 15 is 0 Å². The second kappa shape index (κ2) is 20.1. The molecule has 1 radical (unpaired) electrons. The van der Waals surface area contributed by atoms with Gasteiger partial charge in [-0.05, 0) is 6.42 Å². The van der Waals surface area contributed by atoms with Gasteiger partial charge in [0.15, 0.2) is 0 Å². The van der Waals surface area contributed by atoms with E-state index in [9.17, 15) is 9.59 Å². The van der Waals surface area contributed by atoms with Gasteiger partial charge in [0.2, 0.25) is 0 Å². The standard InChI is InChI=1S/C12H20O4.3C7H7.Sn/c1-2-3-4-5-6-7-10-16-12(15)9-8-11(13)14;3*1-7-5-3-2-4-6-7;/h8-9H,2-7,10H2,1H3,(H,13,14);3*2-6H,1H2;. The molecule has 0 heterocycles. The molecule has 0 saturated heterocycles. The van der Waals surface area contributed by atoms with E-state index in [4.69, 9.17) is 9.84 Å². The van der Waals surface area contributed by atoms with Crippen molar-refractivity contribution in [3.8, 4) is 0 Å². The van der Waals surface area contributed by atoms with Crippen LogP contribution in [0, 0.1) is 0 Å². The Morgan fingerprint density at radius 3 is 1.50 bits per heavy atom. The van der Waals surface area contributed by atoms with Crippen LogP contribution in [0.3, 0.4) is 0 Å². The summed E-state index contributed by atoms with van der Waals surface area (Å²) in [6, 6.07) is 33.1. The monoisotopic (exact) mass is 621 g/mol. The van der Waals surface area contributed by atoms with Crippen LogP contribution in [0.2, 0.25) is 0 Å². The van der Waals surface area contributed by atoms with Crippen LogP contribution in [-0.4, -0.2) is 43.4 Å². The minimum absolute atomic E-state index is 0.370. The van der Waals surface area contributed by atoms with Gasteiger partial charge in [-0.25, -0.2) is 9.59 Å². The molecule has 3 aromatic rings. The second-order valence-corrected chi connectivity index (χ2v) is 16.7. The van der Waals surface area contributed by atoms with Crippen LogP contribution < -0.4 is 0 Å². The molecule has 0 fully saturated rings. The Hall–Kier alpha value is -2.86. The molecule has 0 aliphatic rings. The Morgan fingerprint density at radius 1 is 0.658 bits per heavy atom. The topological polar surface area (TPSA) is 63.6 Å². The average Bonchev–Trinajstić information content (AvgIpc) is 2.93. The number of benzene rings is 3. The predicted molar refractivity (Wildman–Crippen MR) is 157 cm³/mol. The molecule has 0 amide bonds. The number of carbonyl (C=O) groups excluding carboxylic acids is 1. The fourth-order valence-corrected chi connectivity index (χ4v) is 12.1. The van der Waals surface area contributed by atoms with Crippen molar-refractivity contribution in [2.45, 2.75) is 58.8 Å². The Morgan fingerprint density at radius 2 is 1.08 bits per heavy atom. The summed E-state index contributed by atoms with van der Waals surface area (Å²) < 4.78 is 8.79. The number of rotatable bonds is 15. The SMILES string of the molecule is CCCCCCCCOC(=O)C=CC(=O)O.c1ccc([CH2][Sn]([CH2]c2ccccc2)[CH2]c2ccccc2)cc1. The van der Waals surface area contributed by atoms with Crippen LogP contribution in [0.25, 0.3) is 0 Å². The van der Waals surface area contributed by atoms with Gasteiger partial charge in [-0.3, -0.25) is 0 Å². The van der Waals surface area contributed by atoms with E-state index in [1.165, 1.54) is 49.3 Å². The van der Waals surface area contributed by atoms with E-state index in [0.717, 1.165) is 31.4 Å². The first-order chi connectivity index (χ1) is 18.6. The molecular formula is C33H41O4Sn. The number of hydrogen-bond donors (Lipinski definition) is 1. The molecular weight excluding hydrogens is 579 g/mol. The summed E-state index contributed by atoms with van der Waals surface area (Å²) in [4.78, 5) is 21.0. The second-order valence-electron chi connectivity index (χ2n) is 9.34. The van der Waals surface area contributed by atoms with E-state index in [1.807, 2.05) is 0 Å². The number of esters is 1. The van der Waals surface area contributed by atoms with Crippen molar-refractivity contribution in [3.05, 3.63) is 120 Å². The number of hydrogen-bond acceptors (Lipinski definition) is 3. The van der Waals surface area contributed by atoms with Crippen LogP contribution in [0.4, 0.5) is 0 Å². The summed E-state index contributed by atoms with van der Waals surface area (Å²) in [5.41, 5.74) is 4.55. The molecule has 0 spiro atoms. The number of carboxylic acid groups (broad SMARTS) is 1. The van der Waals surface area contributed by atoms with Crippen molar-refractivity contribution in [2.24, 2.45) is 0 Å². The molecule has 0 atom stereocenters. The molecule has 3 rings (SSSR count). The van der Waals surface area contributed by atoms with Gasteiger partial charge in [-0.1, -0.05) is 39.0 Å². The van der Waals surface area contributed by atoms with Gasteiger partial charge in [0.25, 0.3) is 0 Å². The summed E-state index contributed by atoms with van der Waals surface area (Å²) in [6.07, 6.45) is 8.46. The number of carbonyl (C=O) groups is 2. The van der Waals surface area contributed by atoms with Crippen molar-refractivity contribution in [3.63, 3.8) is 0 Å². The Labute approximate surface area is 235 Å². The van der Waals surface area contributed by atoms with Crippen LogP contribution >= 0.6 is 0 Å². The first kappa shape index (κ1) is 31.4. The molecule has 201 valence electrons. The van der Waals surface area contributed by atoms with Crippen molar-refractivity contribution < 1.29 is 19.4 Å². The van der Waals surface area contributed by atoms with Crippen LogP contribution in [0.15, 0.2) is 103 Å². The molecule has 0 aliphatic carbocycles. The zero-order valence-electron chi connectivity index (χ0n) is 22.6. The molecule has 4 nitrogen and oxygen atoms in total. The van der Waals surface area contributed by atoms with Gasteiger partial charge in [-0.2, -0.15) is 0 Å². The third-order valence-electron chi connectivity index (χ3n) is 6.00. The average molecular weight is 620 g/mol. The molecule has 3 aromatic carbocycles. The molecule has 0 saturated carbocycles. The Balaban J connectivity index is 0.000000284. The summed E-state index contributed by atoms with van der Waals surface area (Å²) in [7, 11) is 0. The maximum atomic E-state index is 10.9. The van der Waals surface area contributed by atoms with Gasteiger partial charge in [-0.15, -0.1) is 0 Å². The van der Waals surface area contributed by atoms with Crippen molar-refractivity contribution in [1.82, 2.24) is 0 Å². The van der Waals surface area contributed by atoms with Crippen molar-refractivity contribution in [2.75, 3.05) is 6.61 Å². The fraction of sp³-hybridized carbons (Fsp3) is 0.333. The van der Waals surface area contributed by atoms with Gasteiger partial charge < -0.3 is 9.84 Å². The predicted octanol–water partition coefficient (Wildman–Crippen LogP) is 7.36. The van der Waals surface area contributed by atoms with E-state index in [1.54, 1.807) is 0 Å². The van der Waals surface area contributed by atoms with Crippen LogP contribution in [0.1, 0.15) is 62.1 Å². The van der Waals surface area contributed by atoms with E-state index in [-0.39, 0.29) is 0 Å². The maximum absolute atomic E-state index is 10.9. The molecule has 5 heteroatoms. The van der Waals surface area contributed by atoms with E-state index in [0.29, 0.717) is 6.61 Å². The van der Waals surface area contributed by atoms with E-state index < -0.39 is 31.7 Å². The first-order valence-electron chi connectivity index (χ1n) is 13.6. The molecule has 38 heavy (non-hydrogen) atoms. The minimum atomic E-state index is -1.56. The fourth-order valence-electron chi connectivity index (χ4n) is 4.08. The number of aliphatic carboxylic acids is 1. The number of carboxylic acids is 1. The van der Waals surface area contributed by atoms with Crippen molar-refractivity contribution in [1.29, 1.82) is 0 Å². The quantitative estimate of drug-likeness (QED) is 0.0835. The zero-order valence-corrected chi connectivity index (χ0v) is 25.4. The molecule has 1 N–H and O–H groups in total. The zero-order chi connectivity index (χ0) is 27.3. The van der Waals surface area contributed by atoms with Gasteiger partial charge in [0.05, 0.1) is 6.61 Å².